The van der Waals surface area contributed by atoms with E-state index >= 15 is 0 Å². The standard InChI is InChI=1S/C21H24N4O3/c1-4-21(5-2,16-8-9-17-15(12-16)7-6-14(3)23-17)25-18(26)13-28-19-10-11-22-20(27)24-19/h6-12H,4-5,13H2,1-3H3,(H,25,26)(H,22,24,27). The molecule has 2 aromatic heterocycles. The van der Waals surface area contributed by atoms with Gasteiger partial charge in [0.2, 0.25) is 5.88 Å². The largest absolute Gasteiger partial charge is 0.467 e. The lowest BCUT2D eigenvalue weighted by Gasteiger charge is -2.33. The molecule has 0 saturated heterocycles. The first-order chi connectivity index (χ1) is 13.5. The molecule has 1 aromatic carbocycles. The number of ether oxygens (including phenoxy) is 1. The highest BCUT2D eigenvalue weighted by Crippen LogP contribution is 2.31. The van der Waals surface area contributed by atoms with Gasteiger partial charge in [-0.15, -0.1) is 0 Å². The number of fused-ring (bicyclic) bond motifs is 1. The third-order valence-corrected chi connectivity index (χ3v) is 4.96. The lowest BCUT2D eigenvalue weighted by atomic mass is 9.84. The van der Waals surface area contributed by atoms with Gasteiger partial charge >= 0.3 is 5.69 Å². The van der Waals surface area contributed by atoms with E-state index in [1.54, 1.807) is 0 Å². The van der Waals surface area contributed by atoms with Crippen LogP contribution in [0.3, 0.4) is 0 Å². The van der Waals surface area contributed by atoms with E-state index in [2.05, 4.69) is 26.3 Å². The fourth-order valence-corrected chi connectivity index (χ4v) is 3.31. The molecule has 0 spiro atoms. The molecule has 3 aromatic rings. The number of H-pyrrole nitrogens is 1. The number of benzene rings is 1. The predicted octanol–water partition coefficient (Wildman–Crippen LogP) is 2.84. The topological polar surface area (TPSA) is 97.0 Å². The summed E-state index contributed by atoms with van der Waals surface area (Å²) in [7, 11) is 0. The van der Waals surface area contributed by atoms with Crippen LogP contribution in [0, 0.1) is 6.92 Å². The Labute approximate surface area is 163 Å². The van der Waals surface area contributed by atoms with Gasteiger partial charge in [-0.1, -0.05) is 26.0 Å². The molecule has 0 bridgehead atoms. The van der Waals surface area contributed by atoms with Crippen molar-refractivity contribution in [1.29, 1.82) is 0 Å². The molecule has 2 heterocycles. The number of pyridine rings is 1. The number of hydrogen-bond acceptors (Lipinski definition) is 5. The fraction of sp³-hybridized carbons (Fsp3) is 0.333. The van der Waals surface area contributed by atoms with Gasteiger partial charge in [-0.3, -0.25) is 9.78 Å². The van der Waals surface area contributed by atoms with Crippen molar-refractivity contribution >= 4 is 16.8 Å². The van der Waals surface area contributed by atoms with Crippen LogP contribution in [0.2, 0.25) is 0 Å². The lowest BCUT2D eigenvalue weighted by Crippen LogP contribution is -2.47. The summed E-state index contributed by atoms with van der Waals surface area (Å²) in [6, 6.07) is 11.6. The van der Waals surface area contributed by atoms with E-state index < -0.39 is 11.2 Å². The third kappa shape index (κ3) is 4.19. The zero-order chi connectivity index (χ0) is 20.1. The molecular weight excluding hydrogens is 356 g/mol. The van der Waals surface area contributed by atoms with Gasteiger partial charge in [0.25, 0.3) is 5.91 Å². The van der Waals surface area contributed by atoms with Crippen molar-refractivity contribution < 1.29 is 9.53 Å². The number of aromatic amines is 1. The summed E-state index contributed by atoms with van der Waals surface area (Å²) in [5.41, 5.74) is 1.89. The zero-order valence-corrected chi connectivity index (χ0v) is 16.3. The molecule has 0 aliphatic rings. The minimum absolute atomic E-state index is 0.115. The molecule has 7 nitrogen and oxygen atoms in total. The first-order valence-corrected chi connectivity index (χ1v) is 9.33. The van der Waals surface area contributed by atoms with Crippen molar-refractivity contribution in [2.45, 2.75) is 39.2 Å². The molecular formula is C21H24N4O3. The molecule has 3 rings (SSSR count). The van der Waals surface area contributed by atoms with Crippen LogP contribution in [0.15, 0.2) is 47.4 Å². The molecule has 7 heteroatoms. The van der Waals surface area contributed by atoms with Gasteiger partial charge in [0, 0.05) is 23.3 Å². The molecule has 0 aliphatic carbocycles. The molecule has 0 radical (unpaired) electrons. The SMILES string of the molecule is CCC(CC)(NC(=O)COc1cc[nH]c(=O)n1)c1ccc2nc(C)ccc2c1. The van der Waals surface area contributed by atoms with E-state index in [1.807, 2.05) is 45.0 Å². The second-order valence-corrected chi connectivity index (χ2v) is 6.72. The normalized spacial score (nSPS) is 11.4. The van der Waals surface area contributed by atoms with Crippen LogP contribution in [-0.4, -0.2) is 27.5 Å². The highest BCUT2D eigenvalue weighted by atomic mass is 16.5. The van der Waals surface area contributed by atoms with Crippen LogP contribution < -0.4 is 15.7 Å². The number of aryl methyl sites for hydroxylation is 1. The Hall–Kier alpha value is -3.22. The molecule has 0 atom stereocenters. The average molecular weight is 380 g/mol. The van der Waals surface area contributed by atoms with E-state index in [-0.39, 0.29) is 18.4 Å². The first-order valence-electron chi connectivity index (χ1n) is 9.33. The number of amides is 1. The summed E-state index contributed by atoms with van der Waals surface area (Å²) in [5.74, 6) is -0.155. The summed E-state index contributed by atoms with van der Waals surface area (Å²) in [4.78, 5) is 34.4. The monoisotopic (exact) mass is 380 g/mol. The number of carbonyl (C=O) groups is 1. The van der Waals surface area contributed by atoms with Crippen molar-refractivity contribution in [3.8, 4) is 5.88 Å². The average Bonchev–Trinajstić information content (AvgIpc) is 2.70. The maximum atomic E-state index is 12.6. The van der Waals surface area contributed by atoms with Crippen LogP contribution in [0.25, 0.3) is 10.9 Å². The maximum Gasteiger partial charge on any atom is 0.348 e. The number of nitrogens with one attached hydrogen (secondary N) is 2. The Bertz CT molecular complexity index is 1040. The van der Waals surface area contributed by atoms with Crippen LogP contribution in [0.1, 0.15) is 37.9 Å². The quantitative estimate of drug-likeness (QED) is 0.657. The second-order valence-electron chi connectivity index (χ2n) is 6.72. The Morgan fingerprint density at radius 3 is 2.64 bits per heavy atom. The van der Waals surface area contributed by atoms with Crippen LogP contribution in [-0.2, 0) is 10.3 Å². The maximum absolute atomic E-state index is 12.6. The van der Waals surface area contributed by atoms with Crippen molar-refractivity contribution in [1.82, 2.24) is 20.3 Å². The molecule has 28 heavy (non-hydrogen) atoms. The van der Waals surface area contributed by atoms with Crippen molar-refractivity contribution in [3.63, 3.8) is 0 Å². The summed E-state index contributed by atoms with van der Waals surface area (Å²) >= 11 is 0. The molecule has 2 N–H and O–H groups in total. The fourth-order valence-electron chi connectivity index (χ4n) is 3.31. The van der Waals surface area contributed by atoms with Crippen LogP contribution in [0.4, 0.5) is 0 Å². The van der Waals surface area contributed by atoms with Crippen LogP contribution in [0.5, 0.6) is 5.88 Å². The molecule has 0 unspecified atom stereocenters. The van der Waals surface area contributed by atoms with Gasteiger partial charge in [0.05, 0.1) is 11.1 Å². The number of rotatable bonds is 7. The summed E-state index contributed by atoms with van der Waals surface area (Å²) in [6.45, 7) is 5.83. The van der Waals surface area contributed by atoms with Gasteiger partial charge in [-0.05, 0) is 43.5 Å². The minimum atomic E-state index is -0.519. The van der Waals surface area contributed by atoms with E-state index in [1.165, 1.54) is 12.3 Å². The highest BCUT2D eigenvalue weighted by Gasteiger charge is 2.30. The van der Waals surface area contributed by atoms with E-state index in [9.17, 15) is 9.59 Å². The van der Waals surface area contributed by atoms with Crippen molar-refractivity contribution in [2.75, 3.05) is 6.61 Å². The summed E-state index contributed by atoms with van der Waals surface area (Å²) in [5, 5.41) is 4.14. The number of aromatic nitrogens is 3. The van der Waals surface area contributed by atoms with Gasteiger partial charge in [0.1, 0.15) is 0 Å². The number of hydrogen-bond donors (Lipinski definition) is 2. The predicted molar refractivity (Wildman–Crippen MR) is 107 cm³/mol. The Balaban J connectivity index is 1.80. The molecule has 1 amide bonds. The minimum Gasteiger partial charge on any atom is -0.467 e. The first kappa shape index (κ1) is 19.5. The van der Waals surface area contributed by atoms with E-state index in [0.717, 1.165) is 35.0 Å². The molecule has 0 saturated carbocycles. The lowest BCUT2D eigenvalue weighted by molar-refractivity contribution is -0.125. The molecule has 0 aliphatic heterocycles. The Morgan fingerprint density at radius 1 is 1.14 bits per heavy atom. The summed E-state index contributed by atoms with van der Waals surface area (Å²) < 4.78 is 5.35. The van der Waals surface area contributed by atoms with Gasteiger partial charge in [-0.2, -0.15) is 4.98 Å². The molecule has 146 valence electrons. The highest BCUT2D eigenvalue weighted by molar-refractivity contribution is 5.81. The smallest absolute Gasteiger partial charge is 0.348 e. The van der Waals surface area contributed by atoms with E-state index in [4.69, 9.17) is 4.74 Å². The number of carbonyl (C=O) groups excluding carboxylic acids is 1. The second kappa shape index (κ2) is 8.21. The van der Waals surface area contributed by atoms with Crippen molar-refractivity contribution in [2.24, 2.45) is 0 Å². The molecule has 0 fully saturated rings. The third-order valence-electron chi connectivity index (χ3n) is 4.96. The number of nitrogens with zero attached hydrogens (tertiary/aromatic N) is 2. The van der Waals surface area contributed by atoms with Gasteiger partial charge in [-0.25, -0.2) is 4.79 Å². The Morgan fingerprint density at radius 2 is 1.93 bits per heavy atom. The summed E-state index contributed by atoms with van der Waals surface area (Å²) in [6.07, 6.45) is 2.88. The zero-order valence-electron chi connectivity index (χ0n) is 16.3. The van der Waals surface area contributed by atoms with Crippen molar-refractivity contribution in [3.05, 3.63) is 64.3 Å². The van der Waals surface area contributed by atoms with Crippen LogP contribution >= 0.6 is 0 Å². The van der Waals surface area contributed by atoms with Gasteiger partial charge < -0.3 is 15.0 Å². The van der Waals surface area contributed by atoms with Gasteiger partial charge in [0.15, 0.2) is 6.61 Å². The Kier molecular flexibility index (Phi) is 5.73. The van der Waals surface area contributed by atoms with E-state index in [0.29, 0.717) is 0 Å².